The second kappa shape index (κ2) is 16.7. The zero-order valence-corrected chi connectivity index (χ0v) is 20.6. The van der Waals surface area contributed by atoms with Crippen LogP contribution in [0.4, 0.5) is 0 Å². The predicted octanol–water partition coefficient (Wildman–Crippen LogP) is 2.36. The molecule has 0 aromatic rings. The smallest absolute Gasteiger partial charge is 0.330 e. The third-order valence-electron chi connectivity index (χ3n) is 4.04. The summed E-state index contributed by atoms with van der Waals surface area (Å²) in [5.41, 5.74) is -0.519. The minimum Gasteiger partial charge on any atom is -0.388 e. The summed E-state index contributed by atoms with van der Waals surface area (Å²) in [6.45, 7) is 11.2. The molecule has 2 N–H and O–H groups in total. The Morgan fingerprint density at radius 3 is 1.53 bits per heavy atom. The van der Waals surface area contributed by atoms with Crippen LogP contribution in [0.5, 0.6) is 0 Å². The van der Waals surface area contributed by atoms with E-state index in [1.54, 1.807) is 20.5 Å². The second-order valence-corrected chi connectivity index (χ2v) is 12.9. The monoisotopic (exact) mass is 478 g/mol. The molecule has 0 rings (SSSR count). The van der Waals surface area contributed by atoms with Crippen LogP contribution in [0.3, 0.4) is 0 Å². The van der Waals surface area contributed by atoms with Gasteiger partial charge in [-0.1, -0.05) is 27.7 Å². The van der Waals surface area contributed by atoms with Gasteiger partial charge in [0.1, 0.15) is 6.10 Å². The summed E-state index contributed by atoms with van der Waals surface area (Å²) in [7, 11) is -6.23. The Kier molecular flexibility index (Phi) is 16.8. The van der Waals surface area contributed by atoms with Crippen molar-refractivity contribution >= 4 is 15.0 Å². The van der Waals surface area contributed by atoms with Gasteiger partial charge in [-0.2, -0.15) is 0 Å². The molecule has 0 aliphatic heterocycles. The van der Waals surface area contributed by atoms with E-state index < -0.39 is 26.7 Å². The van der Waals surface area contributed by atoms with E-state index in [-0.39, 0.29) is 25.5 Å². The quantitative estimate of drug-likeness (QED) is 0.199. The van der Waals surface area contributed by atoms with Gasteiger partial charge in [-0.25, -0.2) is 0 Å². The highest BCUT2D eigenvalue weighted by Crippen LogP contribution is 2.47. The van der Waals surface area contributed by atoms with Gasteiger partial charge in [-0.3, -0.25) is 9.13 Å². The molecule has 0 heterocycles. The van der Waals surface area contributed by atoms with Crippen LogP contribution in [-0.2, 0) is 37.1 Å². The summed E-state index contributed by atoms with van der Waals surface area (Å²) < 4.78 is 55.0. The Morgan fingerprint density at radius 2 is 1.10 bits per heavy atom. The van der Waals surface area contributed by atoms with Crippen LogP contribution < -0.4 is 0 Å². The molecular formula is C18H40O10P2. The fourth-order valence-electron chi connectivity index (χ4n) is 1.70. The van der Waals surface area contributed by atoms with Gasteiger partial charge >= 0.3 is 7.60 Å². The van der Waals surface area contributed by atoms with Crippen molar-refractivity contribution in [3.63, 3.8) is 0 Å². The van der Waals surface area contributed by atoms with Gasteiger partial charge in [0.2, 0.25) is 7.37 Å². The Labute approximate surface area is 180 Å². The lowest BCUT2D eigenvalue weighted by atomic mass is 10.4. The van der Waals surface area contributed by atoms with E-state index in [0.29, 0.717) is 46.2 Å². The van der Waals surface area contributed by atoms with Crippen molar-refractivity contribution in [1.29, 1.82) is 0 Å². The third-order valence-corrected chi connectivity index (χ3v) is 8.44. The normalized spacial score (nSPS) is 17.2. The molecule has 10 nitrogen and oxygen atoms in total. The van der Waals surface area contributed by atoms with Gasteiger partial charge in [0.05, 0.1) is 71.7 Å². The van der Waals surface area contributed by atoms with E-state index in [2.05, 4.69) is 0 Å². The Morgan fingerprint density at radius 1 is 0.667 bits per heavy atom. The molecule has 3 atom stereocenters. The van der Waals surface area contributed by atoms with Gasteiger partial charge in [0, 0.05) is 12.3 Å². The number of hydrogen-bond donors (Lipinski definition) is 2. The Bertz CT molecular complexity index is 515. The molecular weight excluding hydrogens is 438 g/mol. The molecule has 0 aliphatic rings. The van der Waals surface area contributed by atoms with Crippen LogP contribution in [0.2, 0.25) is 0 Å². The molecule has 0 saturated heterocycles. The van der Waals surface area contributed by atoms with E-state index in [4.69, 9.17) is 28.0 Å². The number of ether oxygens (including phenoxy) is 4. The molecule has 3 unspecified atom stereocenters. The highest BCUT2D eigenvalue weighted by Gasteiger charge is 2.25. The van der Waals surface area contributed by atoms with Crippen LogP contribution in [0.25, 0.3) is 0 Å². The summed E-state index contributed by atoms with van der Waals surface area (Å²) in [5, 5.41) is 9.66. The maximum Gasteiger partial charge on any atom is 0.330 e. The number of aliphatic hydroxyl groups is 1. The Balaban J connectivity index is 3.39. The van der Waals surface area contributed by atoms with Gasteiger partial charge in [-0.15, -0.1) is 0 Å². The number of hydrogen-bond acceptors (Lipinski definition) is 9. The first-order valence-electron chi connectivity index (χ1n) is 10.2. The molecule has 0 fully saturated rings. The van der Waals surface area contributed by atoms with Crippen molar-refractivity contribution in [2.45, 2.75) is 45.1 Å². The largest absolute Gasteiger partial charge is 0.388 e. The minimum absolute atomic E-state index is 0.00148. The molecule has 30 heavy (non-hydrogen) atoms. The molecule has 0 radical (unpaired) electrons. The second-order valence-electron chi connectivity index (χ2n) is 7.36. The summed E-state index contributed by atoms with van der Waals surface area (Å²) in [4.78, 5) is 9.50. The average molecular weight is 478 g/mol. The lowest BCUT2D eigenvalue weighted by Gasteiger charge is -2.18. The van der Waals surface area contributed by atoms with Crippen LogP contribution in [0.15, 0.2) is 0 Å². The molecule has 0 aliphatic carbocycles. The number of rotatable bonds is 20. The maximum atomic E-state index is 12.0. The molecule has 0 bridgehead atoms. The van der Waals surface area contributed by atoms with Crippen LogP contribution in [0, 0.1) is 0 Å². The summed E-state index contributed by atoms with van der Waals surface area (Å²) in [5.74, 6) is 0. The zero-order valence-electron chi connectivity index (χ0n) is 18.9. The van der Waals surface area contributed by atoms with E-state index in [9.17, 15) is 19.1 Å². The van der Waals surface area contributed by atoms with E-state index in [1.807, 2.05) is 13.8 Å². The lowest BCUT2D eigenvalue weighted by Crippen LogP contribution is -2.23. The molecule has 0 aromatic heterocycles. The highest BCUT2D eigenvalue weighted by molar-refractivity contribution is 7.58. The molecule has 0 saturated carbocycles. The molecule has 0 aromatic carbocycles. The first-order valence-corrected chi connectivity index (χ1v) is 14.0. The first kappa shape index (κ1) is 30.1. The van der Waals surface area contributed by atoms with E-state index >= 15 is 0 Å². The molecule has 0 amide bonds. The topological polar surface area (TPSA) is 130 Å². The van der Waals surface area contributed by atoms with Gasteiger partial charge in [0.25, 0.3) is 0 Å². The van der Waals surface area contributed by atoms with E-state index in [1.165, 1.54) is 0 Å². The van der Waals surface area contributed by atoms with Crippen LogP contribution >= 0.6 is 15.0 Å². The standard InChI is InChI=1S/C18H40O10P2/c1-16(2)29(5,20)27-13-12-25-9-8-23-6-7-24-10-11-26-14-18(19)15-28-30(21,22)17(3)4/h16-19H,6-15H2,1-5H3,(H,21,22). The van der Waals surface area contributed by atoms with E-state index in [0.717, 1.165) is 0 Å². The zero-order chi connectivity index (χ0) is 23.0. The summed E-state index contributed by atoms with van der Waals surface area (Å²) in [6, 6.07) is 0. The van der Waals surface area contributed by atoms with Crippen molar-refractivity contribution in [2.75, 3.05) is 72.7 Å². The molecule has 0 spiro atoms. The third kappa shape index (κ3) is 15.9. The van der Waals surface area contributed by atoms with Crippen molar-refractivity contribution in [3.05, 3.63) is 0 Å². The van der Waals surface area contributed by atoms with Gasteiger partial charge in [-0.05, 0) is 0 Å². The van der Waals surface area contributed by atoms with Crippen molar-refractivity contribution in [2.24, 2.45) is 0 Å². The average Bonchev–Trinajstić information content (AvgIpc) is 2.66. The highest BCUT2D eigenvalue weighted by atomic mass is 31.2. The van der Waals surface area contributed by atoms with Crippen molar-refractivity contribution < 1.29 is 47.1 Å². The SMILES string of the molecule is CC(C)P(C)(=O)OCCOCCOCCOCCOCC(O)COP(=O)(O)C(C)C. The minimum atomic E-state index is -3.68. The van der Waals surface area contributed by atoms with Crippen LogP contribution in [-0.4, -0.2) is 100 Å². The Hall–Kier alpha value is 0.140. The molecule has 12 heteroatoms. The fourth-order valence-corrected chi connectivity index (χ4v) is 3.11. The van der Waals surface area contributed by atoms with Gasteiger partial charge in [0.15, 0.2) is 0 Å². The lowest BCUT2D eigenvalue weighted by molar-refractivity contribution is -0.0258. The fraction of sp³-hybridized carbons (Fsp3) is 1.00. The summed E-state index contributed by atoms with van der Waals surface area (Å²) >= 11 is 0. The first-order chi connectivity index (χ1) is 14.0. The van der Waals surface area contributed by atoms with Crippen molar-refractivity contribution in [1.82, 2.24) is 0 Å². The number of aliphatic hydroxyl groups excluding tert-OH is 1. The van der Waals surface area contributed by atoms with Crippen LogP contribution in [0.1, 0.15) is 27.7 Å². The summed E-state index contributed by atoms with van der Waals surface area (Å²) in [6.07, 6.45) is -0.979. The predicted molar refractivity (Wildman–Crippen MR) is 115 cm³/mol. The maximum absolute atomic E-state index is 12.0. The van der Waals surface area contributed by atoms with Crippen molar-refractivity contribution in [3.8, 4) is 0 Å². The molecule has 182 valence electrons. The van der Waals surface area contributed by atoms with Gasteiger partial charge < -0.3 is 38.0 Å².